The minimum absolute atomic E-state index is 0.698. The molecule has 2 rings (SSSR count). The van der Waals surface area contributed by atoms with E-state index in [1.165, 1.54) is 4.88 Å². The zero-order valence-corrected chi connectivity index (χ0v) is 10.8. The summed E-state index contributed by atoms with van der Waals surface area (Å²) in [5.74, 6) is 0.932. The minimum atomic E-state index is 0.698. The zero-order valence-electron chi connectivity index (χ0n) is 9.98. The van der Waals surface area contributed by atoms with Gasteiger partial charge in [-0.1, -0.05) is 18.2 Å². The number of hydrogen-bond donors (Lipinski definition) is 1. The highest BCUT2D eigenvalue weighted by Gasteiger charge is 2.01. The number of ether oxygens (including phenoxy) is 1. The maximum Gasteiger partial charge on any atom is 0.142 e. The molecule has 0 radical (unpaired) electrons. The average Bonchev–Trinajstić information content (AvgIpc) is 2.85. The van der Waals surface area contributed by atoms with Crippen LogP contribution in [0.5, 0.6) is 5.75 Å². The number of hydrogen-bond acceptors (Lipinski definition) is 3. The summed E-state index contributed by atoms with van der Waals surface area (Å²) in [4.78, 5) is 1.41. The van der Waals surface area contributed by atoms with E-state index in [4.69, 9.17) is 4.74 Å². The molecule has 1 aromatic carbocycles. The Kier molecular flexibility index (Phi) is 4.45. The minimum Gasteiger partial charge on any atom is -0.492 e. The van der Waals surface area contributed by atoms with Crippen molar-refractivity contribution in [1.29, 1.82) is 0 Å². The largest absolute Gasteiger partial charge is 0.492 e. The molecule has 17 heavy (non-hydrogen) atoms. The molecule has 0 unspecified atom stereocenters. The first-order valence-corrected chi connectivity index (χ1v) is 6.76. The van der Waals surface area contributed by atoms with Gasteiger partial charge in [0.1, 0.15) is 5.75 Å². The van der Waals surface area contributed by atoms with E-state index in [1.54, 1.807) is 11.3 Å². The molecule has 1 heterocycles. The van der Waals surface area contributed by atoms with Gasteiger partial charge in [-0.2, -0.15) is 0 Å². The van der Waals surface area contributed by atoms with Crippen molar-refractivity contribution in [3.05, 3.63) is 46.7 Å². The summed E-state index contributed by atoms with van der Waals surface area (Å²) in [6.45, 7) is 3.64. The van der Waals surface area contributed by atoms with Crippen molar-refractivity contribution in [2.24, 2.45) is 0 Å². The second-order valence-electron chi connectivity index (χ2n) is 3.69. The lowest BCUT2D eigenvalue weighted by Gasteiger charge is -2.11. The summed E-state index contributed by atoms with van der Waals surface area (Å²) >= 11 is 1.80. The van der Waals surface area contributed by atoms with Crippen LogP contribution in [0.4, 0.5) is 5.69 Å². The van der Waals surface area contributed by atoms with E-state index in [1.807, 2.05) is 25.1 Å². The van der Waals surface area contributed by atoms with Gasteiger partial charge in [0.25, 0.3) is 0 Å². The van der Waals surface area contributed by atoms with Crippen LogP contribution in [-0.2, 0) is 6.42 Å². The average molecular weight is 247 g/mol. The molecular weight excluding hydrogens is 230 g/mol. The van der Waals surface area contributed by atoms with Crippen molar-refractivity contribution in [1.82, 2.24) is 0 Å². The normalized spacial score (nSPS) is 10.2. The standard InChI is InChI=1S/C14H17NOS/c1-2-16-14-8-4-3-7-13(14)15-10-9-12-6-5-11-17-12/h3-8,11,15H,2,9-10H2,1H3. The smallest absolute Gasteiger partial charge is 0.142 e. The molecule has 0 spiro atoms. The van der Waals surface area contributed by atoms with Gasteiger partial charge in [-0.15, -0.1) is 11.3 Å². The van der Waals surface area contributed by atoms with E-state index in [2.05, 4.69) is 28.9 Å². The lowest BCUT2D eigenvalue weighted by Crippen LogP contribution is -2.05. The van der Waals surface area contributed by atoms with Crippen LogP contribution in [0, 0.1) is 0 Å². The highest BCUT2D eigenvalue weighted by atomic mass is 32.1. The molecule has 0 saturated heterocycles. The van der Waals surface area contributed by atoms with Crippen LogP contribution in [0.15, 0.2) is 41.8 Å². The van der Waals surface area contributed by atoms with Crippen LogP contribution in [0.2, 0.25) is 0 Å². The number of rotatable bonds is 6. The van der Waals surface area contributed by atoms with E-state index >= 15 is 0 Å². The quantitative estimate of drug-likeness (QED) is 0.838. The van der Waals surface area contributed by atoms with Crippen molar-refractivity contribution in [2.75, 3.05) is 18.5 Å². The summed E-state index contributed by atoms with van der Waals surface area (Å²) in [5, 5.41) is 5.53. The molecule has 3 heteroatoms. The number of para-hydroxylation sites is 2. The van der Waals surface area contributed by atoms with Gasteiger partial charge in [0.2, 0.25) is 0 Å². The third-order valence-corrected chi connectivity index (χ3v) is 3.39. The van der Waals surface area contributed by atoms with E-state index in [9.17, 15) is 0 Å². The highest BCUT2D eigenvalue weighted by molar-refractivity contribution is 7.09. The van der Waals surface area contributed by atoms with Crippen LogP contribution in [0.3, 0.4) is 0 Å². The Morgan fingerprint density at radius 2 is 2.06 bits per heavy atom. The molecule has 0 fully saturated rings. The molecular formula is C14H17NOS. The van der Waals surface area contributed by atoms with Crippen LogP contribution in [0.1, 0.15) is 11.8 Å². The SMILES string of the molecule is CCOc1ccccc1NCCc1cccs1. The molecule has 90 valence electrons. The van der Waals surface area contributed by atoms with Gasteiger partial charge >= 0.3 is 0 Å². The maximum absolute atomic E-state index is 5.56. The Labute approximate surface area is 106 Å². The molecule has 2 nitrogen and oxygen atoms in total. The predicted octanol–water partition coefficient (Wildman–Crippen LogP) is 3.80. The summed E-state index contributed by atoms with van der Waals surface area (Å²) in [6.07, 6.45) is 1.05. The molecule has 0 aliphatic carbocycles. The van der Waals surface area contributed by atoms with Crippen LogP contribution in [-0.4, -0.2) is 13.2 Å². The predicted molar refractivity (Wildman–Crippen MR) is 74.1 cm³/mol. The summed E-state index contributed by atoms with van der Waals surface area (Å²) < 4.78 is 5.56. The number of nitrogens with one attached hydrogen (secondary N) is 1. The number of benzene rings is 1. The Bertz CT molecular complexity index is 439. The first kappa shape index (κ1) is 12.0. The lowest BCUT2D eigenvalue weighted by atomic mass is 10.2. The van der Waals surface area contributed by atoms with Gasteiger partial charge in [-0.25, -0.2) is 0 Å². The Hall–Kier alpha value is -1.48. The first-order chi connectivity index (χ1) is 8.40. The van der Waals surface area contributed by atoms with Crippen LogP contribution in [0.25, 0.3) is 0 Å². The van der Waals surface area contributed by atoms with Crippen LogP contribution >= 0.6 is 11.3 Å². The third kappa shape index (κ3) is 3.49. The van der Waals surface area contributed by atoms with E-state index in [-0.39, 0.29) is 0 Å². The van der Waals surface area contributed by atoms with Crippen molar-refractivity contribution >= 4 is 17.0 Å². The lowest BCUT2D eigenvalue weighted by molar-refractivity contribution is 0.341. The van der Waals surface area contributed by atoms with Gasteiger partial charge in [0.15, 0.2) is 0 Å². The third-order valence-electron chi connectivity index (χ3n) is 2.45. The molecule has 1 N–H and O–H groups in total. The van der Waals surface area contributed by atoms with Crippen molar-refractivity contribution in [3.63, 3.8) is 0 Å². The molecule has 0 saturated carbocycles. The molecule has 0 aliphatic heterocycles. The van der Waals surface area contributed by atoms with E-state index in [0.717, 1.165) is 24.4 Å². The number of thiophene rings is 1. The Balaban J connectivity index is 1.89. The fraction of sp³-hybridized carbons (Fsp3) is 0.286. The fourth-order valence-electron chi connectivity index (χ4n) is 1.67. The van der Waals surface area contributed by atoms with Gasteiger partial charge < -0.3 is 10.1 Å². The summed E-state index contributed by atoms with van der Waals surface area (Å²) in [7, 11) is 0. The molecule has 0 amide bonds. The summed E-state index contributed by atoms with van der Waals surface area (Å²) in [5.41, 5.74) is 1.07. The molecule has 0 atom stereocenters. The maximum atomic E-state index is 5.56. The van der Waals surface area contributed by atoms with Crippen molar-refractivity contribution < 1.29 is 4.74 Å². The number of anilines is 1. The summed E-state index contributed by atoms with van der Waals surface area (Å²) in [6, 6.07) is 12.3. The molecule has 1 aromatic heterocycles. The van der Waals surface area contributed by atoms with Crippen molar-refractivity contribution in [2.45, 2.75) is 13.3 Å². The van der Waals surface area contributed by atoms with Crippen LogP contribution < -0.4 is 10.1 Å². The first-order valence-electron chi connectivity index (χ1n) is 5.88. The van der Waals surface area contributed by atoms with Crippen molar-refractivity contribution in [3.8, 4) is 5.75 Å². The topological polar surface area (TPSA) is 21.3 Å². The Morgan fingerprint density at radius 1 is 1.18 bits per heavy atom. The van der Waals surface area contributed by atoms with Gasteiger partial charge in [-0.3, -0.25) is 0 Å². The molecule has 2 aromatic rings. The highest BCUT2D eigenvalue weighted by Crippen LogP contribution is 2.23. The second kappa shape index (κ2) is 6.30. The van der Waals surface area contributed by atoms with Gasteiger partial charge in [-0.05, 0) is 36.9 Å². The molecule has 0 bridgehead atoms. The van der Waals surface area contributed by atoms with Gasteiger partial charge in [0.05, 0.1) is 12.3 Å². The zero-order chi connectivity index (χ0) is 11.9. The van der Waals surface area contributed by atoms with Gasteiger partial charge in [0, 0.05) is 11.4 Å². The van der Waals surface area contributed by atoms with E-state index < -0.39 is 0 Å². The Morgan fingerprint density at radius 3 is 2.82 bits per heavy atom. The monoisotopic (exact) mass is 247 g/mol. The fourth-order valence-corrected chi connectivity index (χ4v) is 2.38. The van der Waals surface area contributed by atoms with E-state index in [0.29, 0.717) is 6.61 Å². The molecule has 0 aliphatic rings. The second-order valence-corrected chi connectivity index (χ2v) is 4.72.